The maximum absolute atomic E-state index is 10.2. The van der Waals surface area contributed by atoms with E-state index in [4.69, 9.17) is 0 Å². The van der Waals surface area contributed by atoms with E-state index >= 15 is 0 Å². The van der Waals surface area contributed by atoms with Gasteiger partial charge in [-0.2, -0.15) is 0 Å². The number of aromatic nitrogens is 1. The summed E-state index contributed by atoms with van der Waals surface area (Å²) in [5, 5.41) is 24.2. The van der Waals surface area contributed by atoms with Crippen molar-refractivity contribution in [1.29, 1.82) is 0 Å². The van der Waals surface area contributed by atoms with Crippen molar-refractivity contribution in [1.82, 2.24) is 10.3 Å². The van der Waals surface area contributed by atoms with Crippen LogP contribution >= 0.6 is 0 Å². The van der Waals surface area contributed by atoms with E-state index < -0.39 is 0 Å². The summed E-state index contributed by atoms with van der Waals surface area (Å²) in [4.78, 5) is 3.30. The molecule has 1 aromatic heterocycles. The van der Waals surface area contributed by atoms with E-state index in [1.807, 2.05) is 6.20 Å². The summed E-state index contributed by atoms with van der Waals surface area (Å²) in [5.74, 6) is 1.33. The summed E-state index contributed by atoms with van der Waals surface area (Å²) < 4.78 is 0. The Kier molecular flexibility index (Phi) is 5.98. The molecule has 3 aliphatic rings. The molecule has 4 nitrogen and oxygen atoms in total. The molecule has 29 heavy (non-hydrogen) atoms. The summed E-state index contributed by atoms with van der Waals surface area (Å²) in [6, 6.07) is 4.20. The predicted molar refractivity (Wildman–Crippen MR) is 117 cm³/mol. The Morgan fingerprint density at radius 3 is 2.72 bits per heavy atom. The summed E-state index contributed by atoms with van der Waals surface area (Å²) >= 11 is 0. The second kappa shape index (κ2) is 8.20. The van der Waals surface area contributed by atoms with Gasteiger partial charge in [0.25, 0.3) is 0 Å². The van der Waals surface area contributed by atoms with Gasteiger partial charge in [0.1, 0.15) is 0 Å². The molecular weight excluding hydrogens is 360 g/mol. The van der Waals surface area contributed by atoms with Crippen LogP contribution in [0.3, 0.4) is 0 Å². The topological polar surface area (TPSA) is 68.3 Å². The van der Waals surface area contributed by atoms with E-state index in [0.717, 1.165) is 32.4 Å². The number of aliphatic hydroxyl groups is 2. The molecular formula is C25H40N2O2. The van der Waals surface area contributed by atoms with Crippen LogP contribution in [0.15, 0.2) is 29.5 Å². The van der Waals surface area contributed by atoms with Crippen molar-refractivity contribution in [3.05, 3.63) is 35.2 Å². The molecule has 5 atom stereocenters. The average molecular weight is 401 g/mol. The summed E-state index contributed by atoms with van der Waals surface area (Å²) in [6.45, 7) is 9.34. The minimum absolute atomic E-state index is 0.109. The summed E-state index contributed by atoms with van der Waals surface area (Å²) in [7, 11) is 0. The van der Waals surface area contributed by atoms with Gasteiger partial charge in [0, 0.05) is 31.6 Å². The molecule has 0 aliphatic heterocycles. The Labute approximate surface area is 176 Å². The molecule has 1 fully saturated rings. The molecule has 0 radical (unpaired) electrons. The van der Waals surface area contributed by atoms with Crippen LogP contribution in [0.1, 0.15) is 71.4 Å². The minimum Gasteiger partial charge on any atom is -0.396 e. The highest BCUT2D eigenvalue weighted by molar-refractivity contribution is 5.32. The molecule has 0 spiro atoms. The lowest BCUT2D eigenvalue weighted by Crippen LogP contribution is -2.49. The SMILES string of the molecule is CC1(C)CCC2=C1CC[C@H]([C@@]1(C)CC[C@H](O)C[C@@H]1CO)[C@H]2CNCc1ccc[nH]1. The van der Waals surface area contributed by atoms with Crippen molar-refractivity contribution < 1.29 is 10.2 Å². The van der Waals surface area contributed by atoms with Gasteiger partial charge < -0.3 is 20.5 Å². The third-order valence-corrected chi connectivity index (χ3v) is 8.78. The first kappa shape index (κ1) is 21.1. The highest BCUT2D eigenvalue weighted by Gasteiger charge is 2.51. The minimum atomic E-state index is -0.242. The van der Waals surface area contributed by atoms with Gasteiger partial charge in [0.15, 0.2) is 0 Å². The number of allylic oxidation sites excluding steroid dienone is 1. The van der Waals surface area contributed by atoms with Crippen LogP contribution in [0, 0.1) is 28.6 Å². The zero-order chi connectivity index (χ0) is 20.6. The van der Waals surface area contributed by atoms with Crippen molar-refractivity contribution in [3.8, 4) is 0 Å². The molecule has 0 saturated heterocycles. The maximum atomic E-state index is 10.2. The van der Waals surface area contributed by atoms with Gasteiger partial charge in [-0.25, -0.2) is 0 Å². The van der Waals surface area contributed by atoms with Gasteiger partial charge in [-0.05, 0) is 85.7 Å². The molecule has 162 valence electrons. The largest absolute Gasteiger partial charge is 0.396 e. The zero-order valence-electron chi connectivity index (χ0n) is 18.5. The molecule has 4 rings (SSSR count). The third-order valence-electron chi connectivity index (χ3n) is 8.78. The lowest BCUT2D eigenvalue weighted by Gasteiger charge is -2.52. The van der Waals surface area contributed by atoms with Gasteiger partial charge in [0.2, 0.25) is 0 Å². The van der Waals surface area contributed by atoms with E-state index in [1.54, 1.807) is 11.1 Å². The number of hydrogen-bond acceptors (Lipinski definition) is 3. The Hall–Kier alpha value is -1.10. The van der Waals surface area contributed by atoms with Gasteiger partial charge >= 0.3 is 0 Å². The normalized spacial score (nSPS) is 37.0. The first-order chi connectivity index (χ1) is 13.8. The number of nitrogens with one attached hydrogen (secondary N) is 2. The quantitative estimate of drug-likeness (QED) is 0.535. The summed E-state index contributed by atoms with van der Waals surface area (Å²) in [6.07, 6.45) is 9.36. The van der Waals surface area contributed by atoms with Crippen LogP contribution in [0.4, 0.5) is 0 Å². The van der Waals surface area contributed by atoms with Crippen molar-refractivity contribution >= 4 is 0 Å². The van der Waals surface area contributed by atoms with E-state index in [0.29, 0.717) is 17.3 Å². The monoisotopic (exact) mass is 400 g/mol. The molecule has 0 bridgehead atoms. The van der Waals surface area contributed by atoms with Crippen LogP contribution in [0.2, 0.25) is 0 Å². The van der Waals surface area contributed by atoms with Crippen LogP contribution in [0.5, 0.6) is 0 Å². The molecule has 1 saturated carbocycles. The highest BCUT2D eigenvalue weighted by atomic mass is 16.3. The predicted octanol–water partition coefficient (Wildman–Crippen LogP) is 4.41. The third kappa shape index (κ3) is 3.96. The van der Waals surface area contributed by atoms with E-state index in [9.17, 15) is 10.2 Å². The van der Waals surface area contributed by atoms with Crippen molar-refractivity contribution in [2.45, 2.75) is 78.4 Å². The smallest absolute Gasteiger partial charge is 0.0544 e. The molecule has 1 aromatic rings. The Morgan fingerprint density at radius 2 is 2.00 bits per heavy atom. The summed E-state index contributed by atoms with van der Waals surface area (Å²) in [5.41, 5.74) is 5.13. The molecule has 0 aromatic carbocycles. The molecule has 3 aliphatic carbocycles. The second-order valence-corrected chi connectivity index (χ2v) is 10.8. The lowest BCUT2D eigenvalue weighted by molar-refractivity contribution is -0.0583. The number of aromatic amines is 1. The van der Waals surface area contributed by atoms with Crippen molar-refractivity contribution in [3.63, 3.8) is 0 Å². The fraction of sp³-hybridized carbons (Fsp3) is 0.760. The fourth-order valence-electron chi connectivity index (χ4n) is 6.90. The number of aliphatic hydroxyl groups excluding tert-OH is 2. The van der Waals surface area contributed by atoms with Crippen molar-refractivity contribution in [2.75, 3.05) is 13.2 Å². The average Bonchev–Trinajstić information content (AvgIpc) is 3.32. The molecule has 4 heteroatoms. The second-order valence-electron chi connectivity index (χ2n) is 10.8. The van der Waals surface area contributed by atoms with Gasteiger partial charge in [0.05, 0.1) is 6.10 Å². The molecule has 1 heterocycles. The van der Waals surface area contributed by atoms with Crippen molar-refractivity contribution in [2.24, 2.45) is 28.6 Å². The first-order valence-electron chi connectivity index (χ1n) is 11.7. The van der Waals surface area contributed by atoms with E-state index in [1.165, 1.54) is 31.4 Å². The molecule has 4 N–H and O–H groups in total. The zero-order valence-corrected chi connectivity index (χ0v) is 18.5. The first-order valence-corrected chi connectivity index (χ1v) is 11.7. The Bertz CT molecular complexity index is 723. The highest BCUT2D eigenvalue weighted by Crippen LogP contribution is 2.59. The van der Waals surface area contributed by atoms with E-state index in [-0.39, 0.29) is 24.0 Å². The maximum Gasteiger partial charge on any atom is 0.0544 e. The fourth-order valence-corrected chi connectivity index (χ4v) is 6.90. The lowest BCUT2D eigenvalue weighted by atomic mass is 9.53. The Balaban J connectivity index is 1.59. The number of hydrogen-bond donors (Lipinski definition) is 4. The molecule has 0 unspecified atom stereocenters. The Morgan fingerprint density at radius 1 is 1.17 bits per heavy atom. The van der Waals surface area contributed by atoms with Crippen LogP contribution in [0.25, 0.3) is 0 Å². The van der Waals surface area contributed by atoms with Crippen LogP contribution in [-0.4, -0.2) is 34.5 Å². The standard InChI is InChI=1S/C25H40N2O2/c1-24(2)10-9-20-21(15-26-14-18-5-4-12-27-18)23(7-6-22(20)24)25(3)11-8-19(29)13-17(25)16-28/h4-5,12,17,19,21,23,26-29H,6-11,13-16H2,1-3H3/t17-,19+,21+,23+,25+/m1/s1. The van der Waals surface area contributed by atoms with Gasteiger partial charge in [-0.1, -0.05) is 31.9 Å². The van der Waals surface area contributed by atoms with Crippen LogP contribution < -0.4 is 5.32 Å². The molecule has 0 amide bonds. The van der Waals surface area contributed by atoms with Gasteiger partial charge in [-0.15, -0.1) is 0 Å². The van der Waals surface area contributed by atoms with Gasteiger partial charge in [-0.3, -0.25) is 0 Å². The number of H-pyrrole nitrogens is 1. The van der Waals surface area contributed by atoms with E-state index in [2.05, 4.69) is 43.2 Å². The number of rotatable bonds is 6. The van der Waals surface area contributed by atoms with Crippen LogP contribution in [-0.2, 0) is 6.54 Å².